The van der Waals surface area contributed by atoms with Gasteiger partial charge in [0.25, 0.3) is 0 Å². The fourth-order valence-electron chi connectivity index (χ4n) is 3.36. The Bertz CT molecular complexity index is 293. The van der Waals surface area contributed by atoms with Crippen molar-refractivity contribution in [2.75, 3.05) is 0 Å². The highest BCUT2D eigenvalue weighted by Gasteiger charge is 2.53. The molecule has 0 aromatic heterocycles. The molecular formula is C13H22O2. The normalized spacial score (nSPS) is 44.5. The fourth-order valence-corrected chi connectivity index (χ4v) is 3.36. The van der Waals surface area contributed by atoms with E-state index in [1.54, 1.807) is 0 Å². The van der Waals surface area contributed by atoms with Crippen LogP contribution in [0.25, 0.3) is 0 Å². The van der Waals surface area contributed by atoms with Gasteiger partial charge < -0.3 is 9.84 Å². The molecule has 0 aromatic carbocycles. The maximum atomic E-state index is 9.79. The van der Waals surface area contributed by atoms with Crippen LogP contribution in [0.1, 0.15) is 47.0 Å². The third kappa shape index (κ3) is 1.55. The Labute approximate surface area is 92.3 Å². The van der Waals surface area contributed by atoms with Crippen molar-refractivity contribution in [2.24, 2.45) is 5.41 Å². The van der Waals surface area contributed by atoms with E-state index in [9.17, 15) is 5.11 Å². The fraction of sp³-hybridized carbons (Fsp3) is 0.846. The number of ether oxygens (including phenoxy) is 1. The number of aliphatic hydroxyl groups excluding tert-OH is 1. The van der Waals surface area contributed by atoms with E-state index < -0.39 is 0 Å². The number of aliphatic hydroxyl groups is 1. The first kappa shape index (κ1) is 11.2. The molecule has 0 radical (unpaired) electrons. The molecule has 0 saturated carbocycles. The smallest absolute Gasteiger partial charge is 0.0946 e. The summed E-state index contributed by atoms with van der Waals surface area (Å²) in [4.78, 5) is 0. The van der Waals surface area contributed by atoms with E-state index in [2.05, 4.69) is 27.7 Å². The molecule has 1 aliphatic heterocycles. The van der Waals surface area contributed by atoms with Crippen LogP contribution in [0.5, 0.6) is 0 Å². The lowest BCUT2D eigenvalue weighted by atomic mass is 9.63. The second kappa shape index (κ2) is 3.33. The van der Waals surface area contributed by atoms with Gasteiger partial charge in [0, 0.05) is 5.41 Å². The van der Waals surface area contributed by atoms with Crippen LogP contribution in [0.4, 0.5) is 0 Å². The highest BCUT2D eigenvalue weighted by molar-refractivity contribution is 5.27. The van der Waals surface area contributed by atoms with Gasteiger partial charge >= 0.3 is 0 Å². The minimum Gasteiger partial charge on any atom is -0.389 e. The van der Waals surface area contributed by atoms with Crippen molar-refractivity contribution in [3.63, 3.8) is 0 Å². The summed E-state index contributed by atoms with van der Waals surface area (Å²) in [6.45, 7) is 8.67. The van der Waals surface area contributed by atoms with Crippen LogP contribution in [-0.2, 0) is 4.74 Å². The second-order valence-corrected chi connectivity index (χ2v) is 5.80. The van der Waals surface area contributed by atoms with Crippen molar-refractivity contribution in [3.05, 3.63) is 11.6 Å². The summed E-state index contributed by atoms with van der Waals surface area (Å²) in [6.07, 6.45) is 5.05. The van der Waals surface area contributed by atoms with Crippen molar-refractivity contribution in [2.45, 2.75) is 64.8 Å². The average molecular weight is 210 g/mol. The zero-order valence-corrected chi connectivity index (χ0v) is 10.2. The first-order chi connectivity index (χ1) is 6.87. The summed E-state index contributed by atoms with van der Waals surface area (Å²) >= 11 is 0. The van der Waals surface area contributed by atoms with Crippen LogP contribution in [0.3, 0.4) is 0 Å². The second-order valence-electron chi connectivity index (χ2n) is 5.80. The summed E-state index contributed by atoms with van der Waals surface area (Å²) < 4.78 is 6.19. The van der Waals surface area contributed by atoms with Crippen molar-refractivity contribution >= 4 is 0 Å². The van der Waals surface area contributed by atoms with Crippen molar-refractivity contribution in [1.82, 2.24) is 0 Å². The third-order valence-electron chi connectivity index (χ3n) is 4.20. The Morgan fingerprint density at radius 2 is 2.13 bits per heavy atom. The van der Waals surface area contributed by atoms with Gasteiger partial charge in [0.05, 0.1) is 17.8 Å². The minimum atomic E-state index is -0.301. The Hall–Kier alpha value is -0.340. The van der Waals surface area contributed by atoms with Crippen LogP contribution in [0, 0.1) is 5.41 Å². The molecule has 0 bridgehead atoms. The van der Waals surface area contributed by atoms with Crippen LogP contribution in [0.2, 0.25) is 0 Å². The molecule has 1 saturated heterocycles. The number of hydrogen-bond acceptors (Lipinski definition) is 2. The van der Waals surface area contributed by atoms with Crippen molar-refractivity contribution < 1.29 is 9.84 Å². The highest BCUT2D eigenvalue weighted by Crippen LogP contribution is 2.53. The molecule has 1 N–H and O–H groups in total. The largest absolute Gasteiger partial charge is 0.389 e. The highest BCUT2D eigenvalue weighted by atomic mass is 16.5. The van der Waals surface area contributed by atoms with Crippen molar-refractivity contribution in [3.8, 4) is 0 Å². The Balaban J connectivity index is 2.40. The van der Waals surface area contributed by atoms with Gasteiger partial charge in [0.15, 0.2) is 0 Å². The van der Waals surface area contributed by atoms with Gasteiger partial charge in [-0.05, 0) is 38.7 Å². The standard InChI is InChI=1S/C13H22O2/c1-9-7-11(14)8-12(3,4)13(9)6-5-10(2)15-13/h7,10-11,14H,5-6,8H2,1-4H3/t10-,11+,13+/m1/s1. The van der Waals surface area contributed by atoms with Gasteiger partial charge in [-0.1, -0.05) is 19.9 Å². The van der Waals surface area contributed by atoms with Gasteiger partial charge in [-0.15, -0.1) is 0 Å². The molecule has 2 heteroatoms. The number of rotatable bonds is 0. The molecule has 1 spiro atoms. The lowest BCUT2D eigenvalue weighted by molar-refractivity contribution is -0.104. The third-order valence-corrected chi connectivity index (χ3v) is 4.20. The quantitative estimate of drug-likeness (QED) is 0.623. The summed E-state index contributed by atoms with van der Waals surface area (Å²) in [5.41, 5.74) is 1.14. The van der Waals surface area contributed by atoms with E-state index >= 15 is 0 Å². The molecule has 2 rings (SSSR count). The summed E-state index contributed by atoms with van der Waals surface area (Å²) in [7, 11) is 0. The predicted octanol–water partition coefficient (Wildman–Crippen LogP) is 2.66. The lowest BCUT2D eigenvalue weighted by Crippen LogP contribution is -2.50. The van der Waals surface area contributed by atoms with Crippen LogP contribution in [-0.4, -0.2) is 22.9 Å². The van der Waals surface area contributed by atoms with Crippen LogP contribution < -0.4 is 0 Å². The first-order valence-electron chi connectivity index (χ1n) is 5.92. The first-order valence-corrected chi connectivity index (χ1v) is 5.92. The monoisotopic (exact) mass is 210 g/mol. The molecular weight excluding hydrogens is 188 g/mol. The maximum Gasteiger partial charge on any atom is 0.0946 e. The lowest BCUT2D eigenvalue weighted by Gasteiger charge is -2.48. The van der Waals surface area contributed by atoms with Crippen LogP contribution in [0.15, 0.2) is 11.6 Å². The zero-order valence-electron chi connectivity index (χ0n) is 10.2. The molecule has 2 aliphatic rings. The van der Waals surface area contributed by atoms with Gasteiger partial charge in [-0.3, -0.25) is 0 Å². The molecule has 1 aliphatic carbocycles. The van der Waals surface area contributed by atoms with E-state index in [0.717, 1.165) is 19.3 Å². The van der Waals surface area contributed by atoms with E-state index in [1.165, 1.54) is 5.57 Å². The summed E-state index contributed by atoms with van der Waals surface area (Å²) in [6, 6.07) is 0. The van der Waals surface area contributed by atoms with E-state index in [4.69, 9.17) is 4.74 Å². The predicted molar refractivity (Wildman–Crippen MR) is 60.7 cm³/mol. The van der Waals surface area contributed by atoms with E-state index in [1.807, 2.05) is 6.08 Å². The molecule has 15 heavy (non-hydrogen) atoms. The van der Waals surface area contributed by atoms with Gasteiger partial charge in [0.1, 0.15) is 0 Å². The van der Waals surface area contributed by atoms with Gasteiger partial charge in [0.2, 0.25) is 0 Å². The average Bonchev–Trinajstić information content (AvgIpc) is 2.45. The molecule has 0 amide bonds. The van der Waals surface area contributed by atoms with E-state index in [-0.39, 0.29) is 17.1 Å². The zero-order chi connectivity index (χ0) is 11.3. The Morgan fingerprint density at radius 1 is 1.47 bits per heavy atom. The molecule has 0 unspecified atom stereocenters. The molecule has 3 atom stereocenters. The summed E-state index contributed by atoms with van der Waals surface area (Å²) in [5, 5.41) is 9.79. The molecule has 0 aromatic rings. The van der Waals surface area contributed by atoms with Crippen LogP contribution >= 0.6 is 0 Å². The maximum absolute atomic E-state index is 9.79. The van der Waals surface area contributed by atoms with Crippen molar-refractivity contribution in [1.29, 1.82) is 0 Å². The topological polar surface area (TPSA) is 29.5 Å². The van der Waals surface area contributed by atoms with E-state index in [0.29, 0.717) is 6.10 Å². The summed E-state index contributed by atoms with van der Waals surface area (Å²) in [5.74, 6) is 0. The minimum absolute atomic E-state index is 0.0377. The molecule has 2 nitrogen and oxygen atoms in total. The molecule has 1 heterocycles. The van der Waals surface area contributed by atoms with Gasteiger partial charge in [-0.25, -0.2) is 0 Å². The SMILES string of the molecule is CC1=C[C@H](O)CC(C)(C)[C@]12CC[C@@H](C)O2. The van der Waals surface area contributed by atoms with Gasteiger partial charge in [-0.2, -0.15) is 0 Å². The molecule has 86 valence electrons. The Morgan fingerprint density at radius 3 is 2.60 bits per heavy atom. The molecule has 1 fully saturated rings. The number of hydrogen-bond donors (Lipinski definition) is 1. The Kier molecular flexibility index (Phi) is 2.47.